The van der Waals surface area contributed by atoms with E-state index in [2.05, 4.69) is 11.8 Å². The van der Waals surface area contributed by atoms with Gasteiger partial charge in [0, 0.05) is 18.8 Å². The molecule has 0 aliphatic heterocycles. The molecule has 0 spiro atoms. The maximum atomic E-state index is 5.80. The zero-order valence-electron chi connectivity index (χ0n) is 7.21. The first-order valence-electron chi connectivity index (χ1n) is 3.61. The molecular formula is C9H11ClN2. The Morgan fingerprint density at radius 1 is 1.50 bits per heavy atom. The molecule has 1 aromatic rings. The minimum atomic E-state index is 0.744. The van der Waals surface area contributed by atoms with Gasteiger partial charge in [-0.25, -0.2) is 0 Å². The third kappa shape index (κ3) is 1.77. The van der Waals surface area contributed by atoms with E-state index in [4.69, 9.17) is 11.6 Å². The van der Waals surface area contributed by atoms with Crippen molar-refractivity contribution in [2.45, 2.75) is 6.92 Å². The highest BCUT2D eigenvalue weighted by Gasteiger charge is 2.01. The van der Waals surface area contributed by atoms with Crippen LogP contribution in [0.2, 0.25) is 5.02 Å². The summed E-state index contributed by atoms with van der Waals surface area (Å²) >= 11 is 5.80. The molecule has 1 rings (SSSR count). The fourth-order valence-corrected chi connectivity index (χ4v) is 1.28. The van der Waals surface area contributed by atoms with Gasteiger partial charge in [0.1, 0.15) is 0 Å². The van der Waals surface area contributed by atoms with E-state index in [1.165, 1.54) is 0 Å². The Morgan fingerprint density at radius 2 is 2.17 bits per heavy atom. The largest absolute Gasteiger partial charge is 0.269 e. The summed E-state index contributed by atoms with van der Waals surface area (Å²) in [6.45, 7) is 5.43. The van der Waals surface area contributed by atoms with Gasteiger partial charge >= 0.3 is 0 Å². The van der Waals surface area contributed by atoms with Gasteiger partial charge in [0.25, 0.3) is 0 Å². The number of benzene rings is 1. The Morgan fingerprint density at radius 3 is 2.67 bits per heavy atom. The van der Waals surface area contributed by atoms with Crippen LogP contribution in [0.5, 0.6) is 0 Å². The Kier molecular flexibility index (Phi) is 2.71. The Bertz CT molecular complexity index is 297. The summed E-state index contributed by atoms with van der Waals surface area (Å²) < 4.78 is 0. The second-order valence-electron chi connectivity index (χ2n) is 2.60. The molecule has 0 atom stereocenters. The predicted octanol–water partition coefficient (Wildman–Crippen LogP) is 2.70. The van der Waals surface area contributed by atoms with E-state index in [9.17, 15) is 0 Å². The van der Waals surface area contributed by atoms with Gasteiger partial charge in [-0.2, -0.15) is 5.10 Å². The predicted molar refractivity (Wildman–Crippen MR) is 54.1 cm³/mol. The van der Waals surface area contributed by atoms with Crippen LogP contribution < -0.4 is 5.01 Å². The lowest BCUT2D eigenvalue weighted by atomic mass is 10.2. The molecule has 1 aromatic carbocycles. The maximum absolute atomic E-state index is 5.80. The third-order valence-corrected chi connectivity index (χ3v) is 1.95. The summed E-state index contributed by atoms with van der Waals surface area (Å²) in [5.74, 6) is 0. The highest BCUT2D eigenvalue weighted by atomic mass is 35.5. The number of hydrogen-bond acceptors (Lipinski definition) is 2. The van der Waals surface area contributed by atoms with Crippen molar-refractivity contribution in [3.63, 3.8) is 0 Å². The van der Waals surface area contributed by atoms with E-state index in [0.29, 0.717) is 0 Å². The van der Waals surface area contributed by atoms with Gasteiger partial charge in [0.05, 0.1) is 5.69 Å². The monoisotopic (exact) mass is 182 g/mol. The number of halogens is 1. The highest BCUT2D eigenvalue weighted by molar-refractivity contribution is 6.30. The van der Waals surface area contributed by atoms with Crippen LogP contribution in [-0.2, 0) is 0 Å². The van der Waals surface area contributed by atoms with Crippen molar-refractivity contribution in [3.8, 4) is 0 Å². The van der Waals surface area contributed by atoms with Gasteiger partial charge in [0.15, 0.2) is 0 Å². The average Bonchev–Trinajstić information content (AvgIpc) is 2.03. The minimum Gasteiger partial charge on any atom is -0.269 e. The molecule has 0 fully saturated rings. The van der Waals surface area contributed by atoms with Gasteiger partial charge in [-0.15, -0.1) is 0 Å². The first-order chi connectivity index (χ1) is 5.65. The van der Waals surface area contributed by atoms with Crippen LogP contribution in [0.3, 0.4) is 0 Å². The van der Waals surface area contributed by atoms with E-state index in [1.54, 1.807) is 5.01 Å². The van der Waals surface area contributed by atoms with Crippen LogP contribution in [0.4, 0.5) is 5.69 Å². The zero-order chi connectivity index (χ0) is 9.14. The lowest BCUT2D eigenvalue weighted by Gasteiger charge is -2.14. The Hall–Kier alpha value is -1.02. The molecule has 3 heteroatoms. The van der Waals surface area contributed by atoms with E-state index in [0.717, 1.165) is 16.3 Å². The van der Waals surface area contributed by atoms with Crippen molar-refractivity contribution in [2.75, 3.05) is 12.1 Å². The van der Waals surface area contributed by atoms with E-state index in [-0.39, 0.29) is 0 Å². The fourth-order valence-electron chi connectivity index (χ4n) is 1.06. The van der Waals surface area contributed by atoms with Crippen LogP contribution >= 0.6 is 11.6 Å². The summed E-state index contributed by atoms with van der Waals surface area (Å²) in [5, 5.41) is 6.25. The van der Waals surface area contributed by atoms with E-state index in [1.807, 2.05) is 32.2 Å². The zero-order valence-corrected chi connectivity index (χ0v) is 7.97. The molecule has 0 bridgehead atoms. The number of hydrogen-bond donors (Lipinski definition) is 0. The van der Waals surface area contributed by atoms with Crippen LogP contribution in [0, 0.1) is 6.92 Å². The summed E-state index contributed by atoms with van der Waals surface area (Å²) in [6.07, 6.45) is 0. The van der Waals surface area contributed by atoms with Crippen molar-refractivity contribution < 1.29 is 0 Å². The van der Waals surface area contributed by atoms with Crippen LogP contribution in [-0.4, -0.2) is 13.8 Å². The van der Waals surface area contributed by atoms with Crippen LogP contribution in [0.25, 0.3) is 0 Å². The molecule has 2 nitrogen and oxygen atoms in total. The van der Waals surface area contributed by atoms with Crippen LogP contribution in [0.1, 0.15) is 5.56 Å². The summed E-state index contributed by atoms with van der Waals surface area (Å²) in [6, 6.07) is 5.66. The molecule has 0 aliphatic rings. The summed E-state index contributed by atoms with van der Waals surface area (Å²) in [7, 11) is 1.85. The van der Waals surface area contributed by atoms with E-state index >= 15 is 0 Å². The second kappa shape index (κ2) is 3.59. The Labute approximate surface area is 77.5 Å². The maximum Gasteiger partial charge on any atom is 0.0620 e. The number of hydrazone groups is 1. The van der Waals surface area contributed by atoms with Crippen molar-refractivity contribution >= 4 is 24.0 Å². The lowest BCUT2D eigenvalue weighted by Crippen LogP contribution is -2.08. The lowest BCUT2D eigenvalue weighted by molar-refractivity contribution is 1.02. The Balaban J connectivity index is 3.09. The van der Waals surface area contributed by atoms with E-state index < -0.39 is 0 Å². The second-order valence-corrected chi connectivity index (χ2v) is 3.03. The standard InChI is InChI=1S/C9H11ClN2/c1-7-6-8(10)4-5-9(7)12(3)11-2/h4-6H,2H2,1,3H3. The first-order valence-corrected chi connectivity index (χ1v) is 3.99. The third-order valence-electron chi connectivity index (χ3n) is 1.72. The molecule has 0 saturated heterocycles. The molecule has 0 N–H and O–H groups in total. The van der Waals surface area contributed by atoms with Gasteiger partial charge < -0.3 is 0 Å². The van der Waals surface area contributed by atoms with Crippen LogP contribution in [0.15, 0.2) is 23.3 Å². The normalized spacial score (nSPS) is 9.58. The van der Waals surface area contributed by atoms with Gasteiger partial charge in [-0.1, -0.05) is 11.6 Å². The molecule has 0 aromatic heterocycles. The minimum absolute atomic E-state index is 0.744. The quantitative estimate of drug-likeness (QED) is 0.507. The topological polar surface area (TPSA) is 15.6 Å². The van der Waals surface area contributed by atoms with Gasteiger partial charge in [0.2, 0.25) is 0 Å². The number of rotatable bonds is 2. The average molecular weight is 183 g/mol. The SMILES string of the molecule is C=NN(C)c1ccc(Cl)cc1C. The van der Waals surface area contributed by atoms with Crippen molar-refractivity contribution in [1.29, 1.82) is 0 Å². The molecule has 0 heterocycles. The number of nitrogens with zero attached hydrogens (tertiary/aromatic N) is 2. The molecule has 0 aliphatic carbocycles. The molecule has 0 amide bonds. The van der Waals surface area contributed by atoms with Crippen molar-refractivity contribution in [2.24, 2.45) is 5.10 Å². The molecule has 0 saturated carbocycles. The van der Waals surface area contributed by atoms with Gasteiger partial charge in [-0.3, -0.25) is 5.01 Å². The summed E-state index contributed by atoms with van der Waals surface area (Å²) in [5.41, 5.74) is 2.12. The first kappa shape index (κ1) is 9.07. The molecule has 0 radical (unpaired) electrons. The highest BCUT2D eigenvalue weighted by Crippen LogP contribution is 2.22. The molecular weight excluding hydrogens is 172 g/mol. The van der Waals surface area contributed by atoms with Gasteiger partial charge in [-0.05, 0) is 30.7 Å². The number of aryl methyl sites for hydroxylation is 1. The van der Waals surface area contributed by atoms with Crippen molar-refractivity contribution in [1.82, 2.24) is 0 Å². The van der Waals surface area contributed by atoms with Crippen molar-refractivity contribution in [3.05, 3.63) is 28.8 Å². The fraction of sp³-hybridized carbons (Fsp3) is 0.222. The number of anilines is 1. The molecule has 64 valence electrons. The molecule has 12 heavy (non-hydrogen) atoms. The smallest absolute Gasteiger partial charge is 0.0620 e. The molecule has 0 unspecified atom stereocenters. The summed E-state index contributed by atoms with van der Waals surface area (Å²) in [4.78, 5) is 0.